The summed E-state index contributed by atoms with van der Waals surface area (Å²) in [6.45, 7) is 6.46. The summed E-state index contributed by atoms with van der Waals surface area (Å²) in [5.74, 6) is 0.219. The number of unbranched alkanes of at least 4 members (excludes halogenated alkanes) is 19. The highest BCUT2D eigenvalue weighted by atomic mass is 16.6. The third-order valence-electron chi connectivity index (χ3n) is 8.92. The fraction of sp³-hybridized carbons (Fsp3) is 0.814. The predicted molar refractivity (Wildman–Crippen MR) is 207 cm³/mol. The molecule has 0 fully saturated rings. The molecule has 0 heterocycles. The minimum Gasteiger partial charge on any atom is -0.463 e. The maximum absolute atomic E-state index is 12.0. The molecule has 6 heteroatoms. The van der Waals surface area contributed by atoms with Crippen LogP contribution < -0.4 is 0 Å². The van der Waals surface area contributed by atoms with Crippen LogP contribution in [0.3, 0.4) is 0 Å². The predicted octanol–water partition coefficient (Wildman–Crippen LogP) is 11.7. The zero-order valence-electron chi connectivity index (χ0n) is 32.2. The molecule has 0 aromatic rings. The average molecular weight is 691 g/mol. The van der Waals surface area contributed by atoms with Crippen molar-refractivity contribution in [2.75, 3.05) is 13.2 Å². The van der Waals surface area contributed by atoms with Crippen molar-refractivity contribution in [3.8, 4) is 0 Å². The number of aliphatic hydroxyl groups is 2. The molecular formula is C43H78O6. The number of hydrogen-bond acceptors (Lipinski definition) is 6. The highest BCUT2D eigenvalue weighted by Crippen LogP contribution is 2.16. The summed E-state index contributed by atoms with van der Waals surface area (Å²) in [4.78, 5) is 24.0. The summed E-state index contributed by atoms with van der Waals surface area (Å²) >= 11 is 0. The number of esters is 2. The zero-order valence-corrected chi connectivity index (χ0v) is 32.2. The van der Waals surface area contributed by atoms with Crippen LogP contribution in [0.25, 0.3) is 0 Å². The first-order chi connectivity index (χ1) is 23.8. The maximum Gasteiger partial charge on any atom is 0.305 e. The second-order valence-electron chi connectivity index (χ2n) is 14.4. The molecule has 0 spiro atoms. The van der Waals surface area contributed by atoms with Gasteiger partial charge < -0.3 is 19.7 Å². The summed E-state index contributed by atoms with van der Waals surface area (Å²) in [6, 6.07) is 0. The van der Waals surface area contributed by atoms with Gasteiger partial charge in [-0.05, 0) is 38.0 Å². The van der Waals surface area contributed by atoms with Crippen LogP contribution in [0.5, 0.6) is 0 Å². The molecule has 0 amide bonds. The molecule has 0 aliphatic heterocycles. The van der Waals surface area contributed by atoms with Gasteiger partial charge >= 0.3 is 11.9 Å². The van der Waals surface area contributed by atoms with Gasteiger partial charge in [-0.1, -0.05) is 186 Å². The lowest BCUT2D eigenvalue weighted by Crippen LogP contribution is -2.25. The van der Waals surface area contributed by atoms with Gasteiger partial charge in [0.05, 0.1) is 6.10 Å². The normalized spacial score (nSPS) is 13.3. The van der Waals surface area contributed by atoms with E-state index in [-0.39, 0.29) is 25.2 Å². The minimum atomic E-state index is -0.994. The van der Waals surface area contributed by atoms with E-state index in [9.17, 15) is 19.8 Å². The fourth-order valence-corrected chi connectivity index (χ4v) is 5.81. The van der Waals surface area contributed by atoms with Crippen molar-refractivity contribution in [1.29, 1.82) is 0 Å². The van der Waals surface area contributed by atoms with Gasteiger partial charge in [-0.3, -0.25) is 9.59 Å². The second kappa shape index (κ2) is 37.3. The molecule has 0 saturated heterocycles. The number of hydrogen-bond donors (Lipinski definition) is 2. The Morgan fingerprint density at radius 2 is 0.939 bits per heavy atom. The largest absolute Gasteiger partial charge is 0.463 e. The summed E-state index contributed by atoms with van der Waals surface area (Å²) in [7, 11) is 0. The van der Waals surface area contributed by atoms with E-state index in [4.69, 9.17) is 9.47 Å². The highest BCUT2D eigenvalue weighted by molar-refractivity contribution is 5.69. The number of carbonyl (C=O) groups excluding carboxylic acids is 2. The molecule has 0 aromatic heterocycles. The van der Waals surface area contributed by atoms with Crippen LogP contribution in [0.2, 0.25) is 0 Å². The number of ether oxygens (including phenoxy) is 2. The number of rotatable bonds is 36. The lowest BCUT2D eigenvalue weighted by molar-refractivity contribution is -0.152. The highest BCUT2D eigenvalue weighted by Gasteiger charge is 2.12. The second-order valence-corrected chi connectivity index (χ2v) is 14.4. The molecule has 0 radical (unpaired) electrons. The van der Waals surface area contributed by atoms with Gasteiger partial charge in [-0.2, -0.15) is 0 Å². The first kappa shape index (κ1) is 47.1. The average Bonchev–Trinajstić information content (AvgIpc) is 3.08. The van der Waals surface area contributed by atoms with Gasteiger partial charge in [0.2, 0.25) is 0 Å². The van der Waals surface area contributed by atoms with Crippen LogP contribution in [0, 0.1) is 5.92 Å². The van der Waals surface area contributed by atoms with Crippen molar-refractivity contribution in [2.45, 2.75) is 206 Å². The molecule has 49 heavy (non-hydrogen) atoms. The molecule has 6 nitrogen and oxygen atoms in total. The van der Waals surface area contributed by atoms with Gasteiger partial charge in [-0.15, -0.1) is 0 Å². The molecule has 1 unspecified atom stereocenters. The third-order valence-corrected chi connectivity index (χ3v) is 8.92. The third kappa shape index (κ3) is 38.7. The number of allylic oxidation sites excluding steroid dienone is 5. The molecule has 0 bridgehead atoms. The first-order valence-corrected chi connectivity index (χ1v) is 20.5. The van der Waals surface area contributed by atoms with Gasteiger partial charge in [-0.25, -0.2) is 0 Å². The van der Waals surface area contributed by atoms with Crippen LogP contribution in [0.4, 0.5) is 0 Å². The summed E-state index contributed by atoms with van der Waals surface area (Å²) in [6.07, 6.45) is 40.8. The quantitative estimate of drug-likeness (QED) is 0.0294. The minimum absolute atomic E-state index is 0.141. The van der Waals surface area contributed by atoms with Gasteiger partial charge in [0, 0.05) is 12.8 Å². The Balaban J connectivity index is 3.48. The van der Waals surface area contributed by atoms with Gasteiger partial charge in [0.1, 0.15) is 19.3 Å². The molecule has 0 aromatic carbocycles. The monoisotopic (exact) mass is 691 g/mol. The lowest BCUT2D eigenvalue weighted by Gasteiger charge is -2.12. The van der Waals surface area contributed by atoms with Crippen molar-refractivity contribution in [1.82, 2.24) is 0 Å². The molecule has 2 N–H and O–H groups in total. The Morgan fingerprint density at radius 3 is 1.37 bits per heavy atom. The van der Waals surface area contributed by atoms with E-state index in [1.807, 2.05) is 18.2 Å². The van der Waals surface area contributed by atoms with Crippen LogP contribution in [0.15, 0.2) is 36.5 Å². The van der Waals surface area contributed by atoms with Crippen molar-refractivity contribution >= 4 is 11.9 Å². The van der Waals surface area contributed by atoms with Crippen molar-refractivity contribution < 1.29 is 29.3 Å². The van der Waals surface area contributed by atoms with Crippen LogP contribution in [-0.4, -0.2) is 47.6 Å². The summed E-state index contributed by atoms with van der Waals surface area (Å²) in [5.41, 5.74) is 0. The zero-order chi connectivity index (χ0) is 36.0. The smallest absolute Gasteiger partial charge is 0.305 e. The Bertz CT molecular complexity index is 817. The van der Waals surface area contributed by atoms with Crippen LogP contribution >= 0.6 is 0 Å². The van der Waals surface area contributed by atoms with Gasteiger partial charge in [0.15, 0.2) is 0 Å². The molecule has 0 aliphatic rings. The van der Waals surface area contributed by atoms with E-state index in [2.05, 4.69) is 39.0 Å². The summed E-state index contributed by atoms with van der Waals surface area (Å²) in [5, 5.41) is 20.1. The Morgan fingerprint density at radius 1 is 0.531 bits per heavy atom. The topological polar surface area (TPSA) is 93.1 Å². The maximum atomic E-state index is 12.0. The van der Waals surface area contributed by atoms with E-state index < -0.39 is 12.2 Å². The van der Waals surface area contributed by atoms with E-state index in [1.165, 1.54) is 89.9 Å². The molecule has 0 aliphatic carbocycles. The number of aliphatic hydroxyl groups excluding tert-OH is 2. The first-order valence-electron chi connectivity index (χ1n) is 20.5. The number of carbonyl (C=O) groups is 2. The summed E-state index contributed by atoms with van der Waals surface area (Å²) < 4.78 is 10.3. The van der Waals surface area contributed by atoms with E-state index in [1.54, 1.807) is 0 Å². The van der Waals surface area contributed by atoms with E-state index in [0.29, 0.717) is 12.8 Å². The molecule has 0 saturated carbocycles. The van der Waals surface area contributed by atoms with E-state index in [0.717, 1.165) is 76.5 Å². The van der Waals surface area contributed by atoms with Gasteiger partial charge in [0.25, 0.3) is 0 Å². The molecule has 2 atom stereocenters. The van der Waals surface area contributed by atoms with Crippen molar-refractivity contribution in [3.05, 3.63) is 36.5 Å². The molecule has 286 valence electrons. The van der Waals surface area contributed by atoms with Crippen LogP contribution in [-0.2, 0) is 19.1 Å². The molecular weight excluding hydrogens is 612 g/mol. The SMILES string of the molecule is CC/C=C/C/C=C/C=C/C(O)CCCCCCCC(=O)OC[C@@H](O)COC(=O)CCCCCCCCCCCCCCCCCCC(C)C. The Labute approximate surface area is 302 Å². The van der Waals surface area contributed by atoms with E-state index >= 15 is 0 Å². The Kier molecular flexibility index (Phi) is 35.9. The Hall–Kier alpha value is -1.92. The van der Waals surface area contributed by atoms with Crippen molar-refractivity contribution in [3.63, 3.8) is 0 Å². The van der Waals surface area contributed by atoms with Crippen LogP contribution in [0.1, 0.15) is 194 Å². The molecule has 0 rings (SSSR count). The standard InChI is InChI=1S/C43H78O6/c1-4-5-6-7-18-23-28-33-40(44)34-29-24-21-26-31-36-43(47)49-38-41(45)37-48-42(46)35-30-25-20-17-15-13-11-9-8-10-12-14-16-19-22-27-32-39(2)3/h5-6,18,23,28,33,39-41,44-45H,4,7-17,19-22,24-27,29-32,34-38H2,1-3H3/b6-5+,23-18+,33-28+/t40?,41-/m0/s1. The van der Waals surface area contributed by atoms with Crippen molar-refractivity contribution in [2.24, 2.45) is 5.92 Å². The lowest BCUT2D eigenvalue weighted by atomic mass is 10.0. The fourth-order valence-electron chi connectivity index (χ4n) is 5.81.